The van der Waals surface area contributed by atoms with Crippen LogP contribution >= 0.6 is 0 Å². The summed E-state index contributed by atoms with van der Waals surface area (Å²) in [5, 5.41) is 11.4. The molecule has 0 fully saturated rings. The molecule has 0 saturated heterocycles. The van der Waals surface area contributed by atoms with Gasteiger partial charge in [0.15, 0.2) is 0 Å². The molecule has 23 heavy (non-hydrogen) atoms. The molecule has 1 aromatic carbocycles. The van der Waals surface area contributed by atoms with Crippen LogP contribution in [0.5, 0.6) is 0 Å². The number of carboxylic acid groups (broad SMARTS) is 1. The summed E-state index contributed by atoms with van der Waals surface area (Å²) in [7, 11) is 0. The number of carbonyl (C=O) groups is 2. The van der Waals surface area contributed by atoms with Gasteiger partial charge in [-0.15, -0.1) is 0 Å². The number of rotatable bonds is 9. The molecule has 1 amide bonds. The van der Waals surface area contributed by atoms with E-state index < -0.39 is 5.97 Å². The fourth-order valence-electron chi connectivity index (χ4n) is 2.30. The third-order valence-corrected chi connectivity index (χ3v) is 3.51. The van der Waals surface area contributed by atoms with Crippen LogP contribution in [0.1, 0.15) is 42.6 Å². The maximum absolute atomic E-state index is 12.2. The van der Waals surface area contributed by atoms with Gasteiger partial charge in [0.05, 0.1) is 12.5 Å². The zero-order valence-corrected chi connectivity index (χ0v) is 12.9. The first-order valence-corrected chi connectivity index (χ1v) is 7.76. The van der Waals surface area contributed by atoms with Crippen molar-refractivity contribution < 1.29 is 14.7 Å². The fraction of sp³-hybridized carbons (Fsp3) is 0.353. The van der Waals surface area contributed by atoms with E-state index in [1.165, 1.54) is 0 Å². The predicted octanol–water partition coefficient (Wildman–Crippen LogP) is 2.64. The molecule has 0 unspecified atom stereocenters. The van der Waals surface area contributed by atoms with E-state index >= 15 is 0 Å². The average molecular weight is 315 g/mol. The molecule has 2 rings (SSSR count). The van der Waals surface area contributed by atoms with Gasteiger partial charge in [0, 0.05) is 18.7 Å². The van der Waals surface area contributed by atoms with Crippen LogP contribution in [0.2, 0.25) is 0 Å². The second-order valence-electron chi connectivity index (χ2n) is 5.30. The van der Waals surface area contributed by atoms with Gasteiger partial charge in [-0.25, -0.2) is 4.98 Å². The Kier molecular flexibility index (Phi) is 6.35. The summed E-state index contributed by atoms with van der Waals surface area (Å²) in [4.78, 5) is 26.7. The van der Waals surface area contributed by atoms with E-state index in [2.05, 4.69) is 10.3 Å². The Morgan fingerprint density at radius 2 is 1.83 bits per heavy atom. The van der Waals surface area contributed by atoms with Gasteiger partial charge in [0.2, 0.25) is 0 Å². The Labute approximate surface area is 135 Å². The number of imidazole rings is 1. The molecular formula is C17H21N3O3. The molecule has 0 atom stereocenters. The van der Waals surface area contributed by atoms with Gasteiger partial charge in [0.1, 0.15) is 5.69 Å². The molecule has 0 radical (unpaired) electrons. The number of aromatic nitrogens is 2. The number of nitrogens with zero attached hydrogens (tertiary/aromatic N) is 2. The Balaban J connectivity index is 1.77. The monoisotopic (exact) mass is 315 g/mol. The third-order valence-electron chi connectivity index (χ3n) is 3.51. The molecular weight excluding hydrogens is 294 g/mol. The SMILES string of the molecule is O=C(O)CCCCCCNC(=O)c1cncn1-c1ccccc1. The van der Waals surface area contributed by atoms with Crippen LogP contribution in [0, 0.1) is 0 Å². The number of hydrogen-bond donors (Lipinski definition) is 2. The molecule has 6 heteroatoms. The Morgan fingerprint density at radius 1 is 1.09 bits per heavy atom. The first-order valence-electron chi connectivity index (χ1n) is 7.76. The molecule has 0 aliphatic carbocycles. The zero-order valence-electron chi connectivity index (χ0n) is 12.9. The van der Waals surface area contributed by atoms with Crippen molar-refractivity contribution in [3.05, 3.63) is 48.5 Å². The molecule has 0 bridgehead atoms. The van der Waals surface area contributed by atoms with Gasteiger partial charge in [0.25, 0.3) is 5.91 Å². The molecule has 0 aliphatic heterocycles. The second kappa shape index (κ2) is 8.73. The van der Waals surface area contributed by atoms with Crippen LogP contribution in [0.15, 0.2) is 42.9 Å². The number of nitrogens with one attached hydrogen (secondary N) is 1. The summed E-state index contributed by atoms with van der Waals surface area (Å²) < 4.78 is 1.75. The number of amides is 1. The highest BCUT2D eigenvalue weighted by molar-refractivity contribution is 5.92. The van der Waals surface area contributed by atoms with Crippen molar-refractivity contribution in [2.45, 2.75) is 32.1 Å². The molecule has 2 aromatic rings. The van der Waals surface area contributed by atoms with Gasteiger partial charge >= 0.3 is 5.97 Å². The standard InChI is InChI=1S/C17H21N3O3/c21-16(22)10-6-1-2-7-11-19-17(23)15-12-18-13-20(15)14-8-4-3-5-9-14/h3-5,8-9,12-13H,1-2,6-7,10-11H2,(H,19,23)(H,21,22). The number of aliphatic carboxylic acids is 1. The van der Waals surface area contributed by atoms with Crippen molar-refractivity contribution in [3.8, 4) is 5.69 Å². The highest BCUT2D eigenvalue weighted by Gasteiger charge is 2.12. The lowest BCUT2D eigenvalue weighted by molar-refractivity contribution is -0.137. The molecule has 2 N–H and O–H groups in total. The molecule has 0 spiro atoms. The minimum absolute atomic E-state index is 0.156. The minimum Gasteiger partial charge on any atom is -0.481 e. The maximum atomic E-state index is 12.2. The third kappa shape index (κ3) is 5.25. The van der Waals surface area contributed by atoms with Crippen molar-refractivity contribution in [2.24, 2.45) is 0 Å². The fourth-order valence-corrected chi connectivity index (χ4v) is 2.30. The van der Waals surface area contributed by atoms with E-state index in [-0.39, 0.29) is 12.3 Å². The number of carbonyl (C=O) groups excluding carboxylic acids is 1. The van der Waals surface area contributed by atoms with E-state index in [0.717, 1.165) is 24.9 Å². The lowest BCUT2D eigenvalue weighted by Gasteiger charge is -2.08. The van der Waals surface area contributed by atoms with Crippen LogP contribution in [0.25, 0.3) is 5.69 Å². The molecule has 0 aliphatic rings. The van der Waals surface area contributed by atoms with Crippen molar-refractivity contribution in [1.82, 2.24) is 14.9 Å². The van der Waals surface area contributed by atoms with E-state index in [1.807, 2.05) is 30.3 Å². The summed E-state index contributed by atoms with van der Waals surface area (Å²) in [6.45, 7) is 0.575. The Hall–Kier alpha value is -2.63. The smallest absolute Gasteiger partial charge is 0.303 e. The molecule has 6 nitrogen and oxygen atoms in total. The largest absolute Gasteiger partial charge is 0.481 e. The van der Waals surface area contributed by atoms with Crippen LogP contribution < -0.4 is 5.32 Å². The molecule has 1 heterocycles. The highest BCUT2D eigenvalue weighted by atomic mass is 16.4. The Bertz CT molecular complexity index is 638. The average Bonchev–Trinajstić information content (AvgIpc) is 3.04. The molecule has 1 aromatic heterocycles. The number of carboxylic acids is 1. The van der Waals surface area contributed by atoms with Crippen molar-refractivity contribution >= 4 is 11.9 Å². The van der Waals surface area contributed by atoms with Gasteiger partial charge in [-0.1, -0.05) is 31.0 Å². The van der Waals surface area contributed by atoms with E-state index in [1.54, 1.807) is 17.1 Å². The quantitative estimate of drug-likeness (QED) is 0.697. The van der Waals surface area contributed by atoms with Crippen LogP contribution in [0.3, 0.4) is 0 Å². The number of benzene rings is 1. The van der Waals surface area contributed by atoms with Crippen LogP contribution in [0.4, 0.5) is 0 Å². The van der Waals surface area contributed by atoms with E-state index in [0.29, 0.717) is 18.7 Å². The minimum atomic E-state index is -0.757. The van der Waals surface area contributed by atoms with Crippen LogP contribution in [-0.4, -0.2) is 33.1 Å². The lowest BCUT2D eigenvalue weighted by Crippen LogP contribution is -2.26. The number of unbranched alkanes of at least 4 members (excludes halogenated alkanes) is 3. The number of para-hydroxylation sites is 1. The highest BCUT2D eigenvalue weighted by Crippen LogP contribution is 2.10. The van der Waals surface area contributed by atoms with E-state index in [9.17, 15) is 9.59 Å². The van der Waals surface area contributed by atoms with Gasteiger partial charge in [-0.3, -0.25) is 14.2 Å². The first-order chi connectivity index (χ1) is 11.2. The van der Waals surface area contributed by atoms with Crippen LogP contribution in [-0.2, 0) is 4.79 Å². The topological polar surface area (TPSA) is 84.2 Å². The van der Waals surface area contributed by atoms with Gasteiger partial charge in [-0.05, 0) is 25.0 Å². The lowest BCUT2D eigenvalue weighted by atomic mass is 10.1. The van der Waals surface area contributed by atoms with E-state index in [4.69, 9.17) is 5.11 Å². The summed E-state index contributed by atoms with van der Waals surface area (Å²) in [5.74, 6) is -0.913. The maximum Gasteiger partial charge on any atom is 0.303 e. The normalized spacial score (nSPS) is 10.4. The zero-order chi connectivity index (χ0) is 16.5. The summed E-state index contributed by atoms with van der Waals surface area (Å²) in [5.41, 5.74) is 1.39. The number of hydrogen-bond acceptors (Lipinski definition) is 3. The van der Waals surface area contributed by atoms with Crippen molar-refractivity contribution in [1.29, 1.82) is 0 Å². The predicted molar refractivity (Wildman–Crippen MR) is 86.6 cm³/mol. The molecule has 0 saturated carbocycles. The second-order valence-corrected chi connectivity index (χ2v) is 5.30. The first kappa shape index (κ1) is 16.7. The van der Waals surface area contributed by atoms with Crippen molar-refractivity contribution in [3.63, 3.8) is 0 Å². The molecule has 122 valence electrons. The summed E-state index contributed by atoms with van der Waals surface area (Å²) in [6.07, 6.45) is 6.68. The summed E-state index contributed by atoms with van der Waals surface area (Å²) in [6, 6.07) is 9.58. The Morgan fingerprint density at radius 3 is 2.57 bits per heavy atom. The van der Waals surface area contributed by atoms with Crippen molar-refractivity contribution in [2.75, 3.05) is 6.54 Å². The summed E-state index contributed by atoms with van der Waals surface area (Å²) >= 11 is 0. The van der Waals surface area contributed by atoms with Gasteiger partial charge in [-0.2, -0.15) is 0 Å². The van der Waals surface area contributed by atoms with Gasteiger partial charge < -0.3 is 10.4 Å².